The minimum absolute atomic E-state index is 0.00221. The van der Waals surface area contributed by atoms with Crippen LogP contribution in [0.15, 0.2) is 36.9 Å². The number of anilines is 1. The number of hydrogen-bond acceptors (Lipinski definition) is 4. The Morgan fingerprint density at radius 1 is 1.40 bits per heavy atom. The first-order chi connectivity index (χ1) is 9.55. The highest BCUT2D eigenvalue weighted by Gasteiger charge is 2.07. The van der Waals surface area contributed by atoms with Crippen LogP contribution in [0.5, 0.6) is 0 Å². The molecule has 0 aliphatic carbocycles. The van der Waals surface area contributed by atoms with Crippen LogP contribution in [0.2, 0.25) is 0 Å². The first-order valence-corrected chi connectivity index (χ1v) is 6.13. The molecular weight excluding hydrogens is 260 g/mol. The average Bonchev–Trinajstić information content (AvgIpc) is 2.44. The topological polar surface area (TPSA) is 98.7 Å². The monoisotopic (exact) mass is 278 g/mol. The van der Waals surface area contributed by atoms with E-state index in [0.29, 0.717) is 5.69 Å². The van der Waals surface area contributed by atoms with Gasteiger partial charge < -0.3 is 20.8 Å². The van der Waals surface area contributed by atoms with Crippen LogP contribution >= 0.6 is 0 Å². The second-order valence-corrected chi connectivity index (χ2v) is 4.21. The first-order valence-electron chi connectivity index (χ1n) is 6.13. The summed E-state index contributed by atoms with van der Waals surface area (Å²) in [5.41, 5.74) is 1.30. The van der Waals surface area contributed by atoms with E-state index in [1.807, 2.05) is 0 Å². The highest BCUT2D eigenvalue weighted by molar-refractivity contribution is 5.98. The van der Waals surface area contributed by atoms with Gasteiger partial charge in [-0.3, -0.25) is 9.59 Å². The number of nitrogens with one attached hydrogen (secondary N) is 2. The molecule has 0 spiro atoms. The Balaban J connectivity index is 2.55. The number of benzene rings is 1. The molecule has 4 N–H and O–H groups in total. The fraction of sp³-hybridized carbons (Fsp3) is 0.286. The SMILES string of the molecule is C=CC(=O)Nc1cccc(CC(=O)NC[C@H](O)CO)c1. The largest absolute Gasteiger partial charge is 0.394 e. The van der Waals surface area contributed by atoms with E-state index >= 15 is 0 Å². The van der Waals surface area contributed by atoms with E-state index in [0.717, 1.165) is 11.6 Å². The lowest BCUT2D eigenvalue weighted by molar-refractivity contribution is -0.121. The zero-order valence-electron chi connectivity index (χ0n) is 11.0. The summed E-state index contributed by atoms with van der Waals surface area (Å²) in [6, 6.07) is 6.87. The molecule has 0 saturated carbocycles. The number of hydrogen-bond donors (Lipinski definition) is 4. The summed E-state index contributed by atoms with van der Waals surface area (Å²) in [6.07, 6.45) is 0.322. The summed E-state index contributed by atoms with van der Waals surface area (Å²) in [6.45, 7) is 2.96. The average molecular weight is 278 g/mol. The van der Waals surface area contributed by atoms with Gasteiger partial charge in [0.05, 0.1) is 19.1 Å². The molecule has 2 amide bonds. The Labute approximate surface area is 117 Å². The molecule has 1 aromatic carbocycles. The van der Waals surface area contributed by atoms with Crippen molar-refractivity contribution >= 4 is 17.5 Å². The molecule has 1 aromatic rings. The fourth-order valence-electron chi connectivity index (χ4n) is 1.50. The van der Waals surface area contributed by atoms with Gasteiger partial charge in [0, 0.05) is 12.2 Å². The smallest absolute Gasteiger partial charge is 0.247 e. The maximum absolute atomic E-state index is 11.6. The zero-order valence-corrected chi connectivity index (χ0v) is 11.0. The van der Waals surface area contributed by atoms with Crippen molar-refractivity contribution in [1.82, 2.24) is 5.32 Å². The molecule has 108 valence electrons. The summed E-state index contributed by atoms with van der Waals surface area (Å²) < 4.78 is 0. The second kappa shape index (κ2) is 8.08. The van der Waals surface area contributed by atoms with Crippen molar-refractivity contribution in [3.8, 4) is 0 Å². The van der Waals surface area contributed by atoms with Crippen LogP contribution in [0.1, 0.15) is 5.56 Å². The molecule has 0 radical (unpaired) electrons. The van der Waals surface area contributed by atoms with E-state index in [1.54, 1.807) is 24.3 Å². The Bertz CT molecular complexity index is 488. The van der Waals surface area contributed by atoms with Gasteiger partial charge in [0.2, 0.25) is 11.8 Å². The van der Waals surface area contributed by atoms with Crippen molar-refractivity contribution in [2.45, 2.75) is 12.5 Å². The van der Waals surface area contributed by atoms with Crippen LogP contribution in [-0.2, 0) is 16.0 Å². The van der Waals surface area contributed by atoms with E-state index in [9.17, 15) is 9.59 Å². The van der Waals surface area contributed by atoms with Crippen molar-refractivity contribution in [3.05, 3.63) is 42.5 Å². The van der Waals surface area contributed by atoms with E-state index < -0.39 is 12.7 Å². The van der Waals surface area contributed by atoms with Crippen LogP contribution in [0, 0.1) is 0 Å². The summed E-state index contributed by atoms with van der Waals surface area (Å²) in [5, 5.41) is 22.9. The van der Waals surface area contributed by atoms with Crippen LogP contribution in [0.3, 0.4) is 0 Å². The fourth-order valence-corrected chi connectivity index (χ4v) is 1.50. The van der Waals surface area contributed by atoms with E-state index in [-0.39, 0.29) is 24.8 Å². The Morgan fingerprint density at radius 2 is 2.15 bits per heavy atom. The Morgan fingerprint density at radius 3 is 2.80 bits per heavy atom. The van der Waals surface area contributed by atoms with Crippen molar-refractivity contribution in [2.75, 3.05) is 18.5 Å². The van der Waals surface area contributed by atoms with Crippen molar-refractivity contribution < 1.29 is 19.8 Å². The van der Waals surface area contributed by atoms with Gasteiger partial charge in [-0.1, -0.05) is 18.7 Å². The van der Waals surface area contributed by atoms with Gasteiger partial charge in [-0.05, 0) is 23.8 Å². The van der Waals surface area contributed by atoms with Gasteiger partial charge in [-0.15, -0.1) is 0 Å². The van der Waals surface area contributed by atoms with Crippen LogP contribution in [0.4, 0.5) is 5.69 Å². The third-order valence-electron chi connectivity index (χ3n) is 2.49. The lowest BCUT2D eigenvalue weighted by Crippen LogP contribution is -2.34. The first kappa shape index (κ1) is 15.9. The lowest BCUT2D eigenvalue weighted by atomic mass is 10.1. The van der Waals surface area contributed by atoms with Crippen LogP contribution in [0.25, 0.3) is 0 Å². The highest BCUT2D eigenvalue weighted by atomic mass is 16.3. The van der Waals surface area contributed by atoms with E-state index in [4.69, 9.17) is 10.2 Å². The molecule has 0 fully saturated rings. The van der Waals surface area contributed by atoms with Crippen molar-refractivity contribution in [2.24, 2.45) is 0 Å². The van der Waals surface area contributed by atoms with Gasteiger partial charge in [-0.2, -0.15) is 0 Å². The van der Waals surface area contributed by atoms with E-state index in [2.05, 4.69) is 17.2 Å². The molecule has 0 saturated heterocycles. The molecule has 0 aromatic heterocycles. The number of carbonyl (C=O) groups is 2. The highest BCUT2D eigenvalue weighted by Crippen LogP contribution is 2.11. The zero-order chi connectivity index (χ0) is 15.0. The molecular formula is C14H18N2O4. The van der Waals surface area contributed by atoms with Crippen LogP contribution in [-0.4, -0.2) is 41.3 Å². The van der Waals surface area contributed by atoms with Gasteiger partial charge in [0.25, 0.3) is 0 Å². The minimum Gasteiger partial charge on any atom is -0.394 e. The summed E-state index contributed by atoms with van der Waals surface area (Å²) in [7, 11) is 0. The van der Waals surface area contributed by atoms with Crippen molar-refractivity contribution in [1.29, 1.82) is 0 Å². The normalized spacial score (nSPS) is 11.5. The molecule has 6 nitrogen and oxygen atoms in total. The van der Waals surface area contributed by atoms with Gasteiger partial charge in [0.15, 0.2) is 0 Å². The maximum atomic E-state index is 11.6. The molecule has 0 aliphatic heterocycles. The number of aliphatic hydroxyl groups is 2. The predicted molar refractivity (Wildman–Crippen MR) is 75.1 cm³/mol. The van der Waals surface area contributed by atoms with Crippen LogP contribution < -0.4 is 10.6 Å². The third kappa shape index (κ3) is 5.64. The number of amides is 2. The quantitative estimate of drug-likeness (QED) is 0.520. The number of carbonyl (C=O) groups excluding carboxylic acids is 2. The predicted octanol–water partition coefficient (Wildman–Crippen LogP) is -0.177. The Hall–Kier alpha value is -2.18. The minimum atomic E-state index is -0.961. The number of aliphatic hydroxyl groups excluding tert-OH is 2. The van der Waals surface area contributed by atoms with E-state index in [1.165, 1.54) is 0 Å². The molecule has 1 atom stereocenters. The third-order valence-corrected chi connectivity index (χ3v) is 2.49. The summed E-state index contributed by atoms with van der Waals surface area (Å²) in [4.78, 5) is 22.8. The lowest BCUT2D eigenvalue weighted by Gasteiger charge is -2.09. The summed E-state index contributed by atoms with van der Waals surface area (Å²) in [5.74, 6) is -0.595. The Kier molecular flexibility index (Phi) is 6.42. The molecule has 0 bridgehead atoms. The molecule has 0 aliphatic rings. The second-order valence-electron chi connectivity index (χ2n) is 4.21. The molecule has 1 rings (SSSR count). The standard InChI is InChI=1S/C14H18N2O4/c1-2-13(19)16-11-5-3-4-10(6-11)7-14(20)15-8-12(18)9-17/h2-6,12,17-18H,1,7-9H2,(H,15,20)(H,16,19)/t12-/m0/s1. The number of rotatable bonds is 7. The molecule has 0 heterocycles. The van der Waals surface area contributed by atoms with Crippen molar-refractivity contribution in [3.63, 3.8) is 0 Å². The molecule has 6 heteroatoms. The maximum Gasteiger partial charge on any atom is 0.247 e. The van der Waals surface area contributed by atoms with Gasteiger partial charge in [-0.25, -0.2) is 0 Å². The summed E-state index contributed by atoms with van der Waals surface area (Å²) >= 11 is 0. The molecule has 20 heavy (non-hydrogen) atoms. The van der Waals surface area contributed by atoms with Gasteiger partial charge in [0.1, 0.15) is 0 Å². The van der Waals surface area contributed by atoms with Gasteiger partial charge >= 0.3 is 0 Å². The molecule has 0 unspecified atom stereocenters.